The molecule has 0 spiro atoms. The Morgan fingerprint density at radius 2 is 1.07 bits per heavy atom. The lowest BCUT2D eigenvalue weighted by atomic mass is 9.94. The summed E-state index contributed by atoms with van der Waals surface area (Å²) >= 11 is 0. The van der Waals surface area contributed by atoms with E-state index in [-0.39, 0.29) is 0 Å². The van der Waals surface area contributed by atoms with Crippen molar-refractivity contribution in [2.75, 3.05) is 4.90 Å². The van der Waals surface area contributed by atoms with Gasteiger partial charge in [0.2, 0.25) is 5.89 Å². The zero-order chi connectivity index (χ0) is 36.3. The van der Waals surface area contributed by atoms with Crippen LogP contribution in [0.15, 0.2) is 203 Å². The maximum atomic E-state index is 6.97. The average molecular weight is 705 g/mol. The van der Waals surface area contributed by atoms with Crippen LogP contribution in [0.3, 0.4) is 0 Å². The van der Waals surface area contributed by atoms with Crippen molar-refractivity contribution in [1.82, 2.24) is 4.98 Å². The number of aromatic nitrogens is 1. The number of furan rings is 1. The first-order chi connectivity index (χ1) is 27.2. The van der Waals surface area contributed by atoms with Gasteiger partial charge in [0.15, 0.2) is 5.58 Å². The van der Waals surface area contributed by atoms with Crippen molar-refractivity contribution in [3.63, 3.8) is 0 Å². The van der Waals surface area contributed by atoms with E-state index in [2.05, 4.69) is 163 Å². The number of nitrogens with zero attached hydrogens (tertiary/aromatic N) is 2. The van der Waals surface area contributed by atoms with Crippen LogP contribution in [0, 0.1) is 0 Å². The molecule has 4 nitrogen and oxygen atoms in total. The molecule has 0 aliphatic rings. The minimum absolute atomic E-state index is 0.606. The van der Waals surface area contributed by atoms with Crippen LogP contribution in [0.4, 0.5) is 17.1 Å². The highest BCUT2D eigenvalue weighted by atomic mass is 16.3. The van der Waals surface area contributed by atoms with Gasteiger partial charge in [-0.25, -0.2) is 4.98 Å². The van der Waals surface area contributed by atoms with Crippen molar-refractivity contribution in [2.45, 2.75) is 0 Å². The summed E-state index contributed by atoms with van der Waals surface area (Å²) in [6.07, 6.45) is 0. The van der Waals surface area contributed by atoms with Crippen molar-refractivity contribution < 1.29 is 8.83 Å². The Morgan fingerprint density at radius 1 is 0.400 bits per heavy atom. The van der Waals surface area contributed by atoms with Crippen LogP contribution in [-0.4, -0.2) is 4.98 Å². The predicted octanol–water partition coefficient (Wildman–Crippen LogP) is 14.5. The monoisotopic (exact) mass is 704 g/mol. The summed E-state index contributed by atoms with van der Waals surface area (Å²) < 4.78 is 13.2. The number of anilines is 3. The fourth-order valence-corrected chi connectivity index (χ4v) is 8.04. The molecule has 0 radical (unpaired) electrons. The highest BCUT2D eigenvalue weighted by Crippen LogP contribution is 2.47. The molecule has 2 heterocycles. The highest BCUT2D eigenvalue weighted by molar-refractivity contribution is 6.22. The summed E-state index contributed by atoms with van der Waals surface area (Å²) in [5.41, 5.74) is 11.7. The molecule has 11 rings (SSSR count). The molecule has 9 aromatic carbocycles. The van der Waals surface area contributed by atoms with Gasteiger partial charge in [0.1, 0.15) is 16.7 Å². The van der Waals surface area contributed by atoms with Crippen molar-refractivity contribution in [3.8, 4) is 33.7 Å². The summed E-state index contributed by atoms with van der Waals surface area (Å²) in [6, 6.07) is 68.1. The third-order valence-corrected chi connectivity index (χ3v) is 10.6. The first-order valence-electron chi connectivity index (χ1n) is 18.5. The van der Waals surface area contributed by atoms with E-state index in [0.717, 1.165) is 77.6 Å². The zero-order valence-corrected chi connectivity index (χ0v) is 29.7. The van der Waals surface area contributed by atoms with Crippen molar-refractivity contribution in [3.05, 3.63) is 194 Å². The van der Waals surface area contributed by atoms with Gasteiger partial charge in [0, 0.05) is 27.9 Å². The molecule has 2 aromatic heterocycles. The molecule has 0 bridgehead atoms. The molecule has 0 fully saturated rings. The largest absolute Gasteiger partial charge is 0.455 e. The SMILES string of the molecule is c1ccc(-c2ccc(N(c3ccc4ccccc4c3)c3cccc4oc5c(-c6ccc7oc(-c8ccccc8)nc7c6)c6ccccc6cc5c34)cc2)cc1. The van der Waals surface area contributed by atoms with Gasteiger partial charge in [-0.1, -0.05) is 127 Å². The van der Waals surface area contributed by atoms with Gasteiger partial charge >= 0.3 is 0 Å². The maximum absolute atomic E-state index is 6.97. The Bertz CT molecular complexity index is 3200. The molecule has 0 unspecified atom stereocenters. The molecular weight excluding hydrogens is 673 g/mol. The second-order valence-electron chi connectivity index (χ2n) is 13.9. The summed E-state index contributed by atoms with van der Waals surface area (Å²) in [5.74, 6) is 0.606. The number of rotatable bonds is 6. The van der Waals surface area contributed by atoms with Crippen LogP contribution in [0.5, 0.6) is 0 Å². The van der Waals surface area contributed by atoms with Crippen LogP contribution >= 0.6 is 0 Å². The number of hydrogen-bond donors (Lipinski definition) is 0. The Labute approximate surface area is 317 Å². The van der Waals surface area contributed by atoms with E-state index < -0.39 is 0 Å². The van der Waals surface area contributed by atoms with E-state index in [0.29, 0.717) is 5.89 Å². The van der Waals surface area contributed by atoms with Crippen molar-refractivity contribution in [2.24, 2.45) is 0 Å². The average Bonchev–Trinajstić information content (AvgIpc) is 3.85. The molecule has 0 aliphatic carbocycles. The van der Waals surface area contributed by atoms with Gasteiger partial charge in [0.05, 0.1) is 11.1 Å². The van der Waals surface area contributed by atoms with Crippen molar-refractivity contribution in [1.29, 1.82) is 0 Å². The lowest BCUT2D eigenvalue weighted by Gasteiger charge is -2.27. The summed E-state index contributed by atoms with van der Waals surface area (Å²) in [7, 11) is 0. The molecule has 55 heavy (non-hydrogen) atoms. The Balaban J connectivity index is 1.14. The maximum Gasteiger partial charge on any atom is 0.227 e. The van der Waals surface area contributed by atoms with Gasteiger partial charge in [-0.15, -0.1) is 0 Å². The van der Waals surface area contributed by atoms with Crippen molar-refractivity contribution >= 4 is 71.6 Å². The van der Waals surface area contributed by atoms with E-state index in [4.69, 9.17) is 13.8 Å². The van der Waals surface area contributed by atoms with Crippen LogP contribution in [0.1, 0.15) is 0 Å². The fraction of sp³-hybridized carbons (Fsp3) is 0. The summed E-state index contributed by atoms with van der Waals surface area (Å²) in [6.45, 7) is 0. The van der Waals surface area contributed by atoms with Gasteiger partial charge in [0.25, 0.3) is 0 Å². The first-order valence-corrected chi connectivity index (χ1v) is 18.5. The number of benzene rings is 9. The van der Waals surface area contributed by atoms with E-state index >= 15 is 0 Å². The van der Waals surface area contributed by atoms with Gasteiger partial charge in [-0.3, -0.25) is 0 Å². The van der Waals surface area contributed by atoms with E-state index in [1.54, 1.807) is 0 Å². The summed E-state index contributed by atoms with van der Waals surface area (Å²) in [4.78, 5) is 7.28. The normalized spacial score (nSPS) is 11.6. The molecular formula is C51H32N2O2. The Morgan fingerprint density at radius 3 is 1.89 bits per heavy atom. The fourth-order valence-electron chi connectivity index (χ4n) is 8.04. The minimum Gasteiger partial charge on any atom is -0.455 e. The molecule has 0 saturated carbocycles. The number of fused-ring (bicyclic) bond motifs is 6. The van der Waals surface area contributed by atoms with Gasteiger partial charge in [-0.05, 0) is 105 Å². The molecule has 0 atom stereocenters. The molecule has 258 valence electrons. The van der Waals surface area contributed by atoms with E-state index in [1.807, 2.05) is 36.4 Å². The second kappa shape index (κ2) is 12.6. The number of oxazole rings is 1. The Kier molecular flexibility index (Phi) is 7.14. The Hall–Kier alpha value is -7.43. The molecule has 0 N–H and O–H groups in total. The van der Waals surface area contributed by atoms with E-state index in [1.165, 1.54) is 21.9 Å². The van der Waals surface area contributed by atoms with Gasteiger partial charge < -0.3 is 13.7 Å². The third kappa shape index (κ3) is 5.26. The molecule has 11 aromatic rings. The standard InChI is InChI=1S/C51H32N2O2/c1-3-12-33(13-4-1)35-22-26-40(27-23-35)53(41-28-24-34-14-7-8-17-37(34)30-41)45-20-11-21-47-49(45)43-31-38-18-9-10-19-42(38)48(50(43)54-47)39-25-29-46-44(32-39)52-51(55-46)36-15-5-2-6-16-36/h1-32H. The van der Waals surface area contributed by atoms with Gasteiger partial charge in [-0.2, -0.15) is 0 Å². The topological polar surface area (TPSA) is 42.4 Å². The van der Waals surface area contributed by atoms with Crippen LogP contribution in [-0.2, 0) is 0 Å². The van der Waals surface area contributed by atoms with Crippen LogP contribution < -0.4 is 4.90 Å². The lowest BCUT2D eigenvalue weighted by Crippen LogP contribution is -2.10. The predicted molar refractivity (Wildman–Crippen MR) is 227 cm³/mol. The molecule has 4 heteroatoms. The van der Waals surface area contributed by atoms with E-state index in [9.17, 15) is 0 Å². The summed E-state index contributed by atoms with van der Waals surface area (Å²) in [5, 5.41) is 6.74. The smallest absolute Gasteiger partial charge is 0.227 e. The zero-order valence-electron chi connectivity index (χ0n) is 29.7. The highest BCUT2D eigenvalue weighted by Gasteiger charge is 2.23. The van der Waals surface area contributed by atoms with Crippen LogP contribution in [0.2, 0.25) is 0 Å². The lowest BCUT2D eigenvalue weighted by molar-refractivity contribution is 0.620. The van der Waals surface area contributed by atoms with Crippen LogP contribution in [0.25, 0.3) is 88.3 Å². The quantitative estimate of drug-likeness (QED) is 0.173. The number of hydrogen-bond acceptors (Lipinski definition) is 4. The molecule has 0 aliphatic heterocycles. The molecule has 0 amide bonds. The minimum atomic E-state index is 0.606. The third-order valence-electron chi connectivity index (χ3n) is 10.6. The molecule has 0 saturated heterocycles. The second-order valence-corrected chi connectivity index (χ2v) is 13.9. The first kappa shape index (κ1) is 31.1.